The van der Waals surface area contributed by atoms with Gasteiger partial charge in [-0.15, -0.1) is 0 Å². The Morgan fingerprint density at radius 2 is 2.11 bits per heavy atom. The Morgan fingerprint density at radius 3 is 2.64 bits per heavy atom. The smallest absolute Gasteiger partial charge is 0.176 e. The van der Waals surface area contributed by atoms with E-state index < -0.39 is 22.4 Å². The van der Waals surface area contributed by atoms with E-state index >= 15 is 0 Å². The van der Waals surface area contributed by atoms with Gasteiger partial charge in [0.05, 0.1) is 22.7 Å². The van der Waals surface area contributed by atoms with Crippen molar-refractivity contribution in [2.45, 2.75) is 16.9 Å². The summed E-state index contributed by atoms with van der Waals surface area (Å²) in [7, 11) is -1.46. The first kappa shape index (κ1) is 22.5. The minimum absolute atomic E-state index is 0.162. The van der Waals surface area contributed by atoms with Crippen LogP contribution in [0.3, 0.4) is 0 Å². The van der Waals surface area contributed by atoms with Crippen molar-refractivity contribution in [2.24, 2.45) is 0 Å². The number of aliphatic hydroxyl groups is 2. The second kappa shape index (κ2) is 9.60. The van der Waals surface area contributed by atoms with Crippen molar-refractivity contribution in [3.63, 3.8) is 0 Å². The Labute approximate surface area is 173 Å². The minimum atomic E-state index is -1.46. The number of aromatic hydroxyl groups is 1. The monoisotopic (exact) mass is 447 g/mol. The van der Waals surface area contributed by atoms with Gasteiger partial charge in [0.15, 0.2) is 11.5 Å². The maximum absolute atomic E-state index is 12.4. The summed E-state index contributed by atoms with van der Waals surface area (Å²) in [6.45, 7) is 0.271. The van der Waals surface area contributed by atoms with Gasteiger partial charge in [-0.05, 0) is 24.6 Å². The number of aliphatic hydroxyl groups excluding tert-OH is 1. The van der Waals surface area contributed by atoms with Crippen LogP contribution in [0.1, 0.15) is 12.1 Å². The molecule has 150 valence electrons. The molecule has 1 aliphatic rings. The Hall–Kier alpha value is -1.80. The van der Waals surface area contributed by atoms with Crippen LogP contribution in [-0.4, -0.2) is 54.1 Å². The quantitative estimate of drug-likeness (QED) is 0.663. The molecule has 0 aliphatic carbocycles. The van der Waals surface area contributed by atoms with E-state index in [4.69, 9.17) is 38.7 Å². The van der Waals surface area contributed by atoms with E-state index in [1.54, 1.807) is 16.4 Å². The van der Waals surface area contributed by atoms with Gasteiger partial charge in [0.25, 0.3) is 0 Å². The molecular formula is C17H16Cl2FN3O4S. The number of halogens is 3. The van der Waals surface area contributed by atoms with Crippen molar-refractivity contribution >= 4 is 34.2 Å². The lowest BCUT2D eigenvalue weighted by atomic mass is 10.1. The second-order valence-electron chi connectivity index (χ2n) is 5.96. The molecule has 3 N–H and O–H groups in total. The van der Waals surface area contributed by atoms with Crippen LogP contribution in [0.4, 0.5) is 4.39 Å². The number of nitriles is 1. The first-order valence-electron chi connectivity index (χ1n) is 7.89. The van der Waals surface area contributed by atoms with Crippen LogP contribution < -0.4 is 0 Å². The molecular weight excluding hydrogens is 432 g/mol. The molecule has 0 amide bonds. The average Bonchev–Trinajstić information content (AvgIpc) is 3.05. The van der Waals surface area contributed by atoms with E-state index in [0.717, 1.165) is 12.3 Å². The number of pyridine rings is 1. The first-order valence-corrected chi connectivity index (χ1v) is 9.75. The zero-order valence-corrected chi connectivity index (χ0v) is 16.7. The molecule has 1 aromatic carbocycles. The maximum atomic E-state index is 12.4. The van der Waals surface area contributed by atoms with Crippen molar-refractivity contribution in [1.29, 1.82) is 5.26 Å². The highest BCUT2D eigenvalue weighted by molar-refractivity contribution is 7.82. The van der Waals surface area contributed by atoms with Crippen LogP contribution in [0, 0.1) is 17.1 Å². The lowest BCUT2D eigenvalue weighted by Crippen LogP contribution is -2.37. The van der Waals surface area contributed by atoms with Gasteiger partial charge in [-0.3, -0.25) is 0 Å². The zero-order valence-electron chi connectivity index (χ0n) is 14.3. The van der Waals surface area contributed by atoms with Crippen LogP contribution in [0.5, 0.6) is 5.75 Å². The van der Waals surface area contributed by atoms with Crippen LogP contribution in [0.25, 0.3) is 0 Å². The fraction of sp³-hybridized carbons (Fsp3) is 0.294. The second-order valence-corrected chi connectivity index (χ2v) is 8.25. The van der Waals surface area contributed by atoms with Crippen molar-refractivity contribution in [3.8, 4) is 11.8 Å². The normalized spacial score (nSPS) is 20.1. The molecule has 0 radical (unpaired) electrons. The molecule has 0 spiro atoms. The van der Waals surface area contributed by atoms with Crippen molar-refractivity contribution in [2.75, 3.05) is 19.7 Å². The maximum Gasteiger partial charge on any atom is 0.176 e. The van der Waals surface area contributed by atoms with E-state index in [1.165, 1.54) is 12.1 Å². The number of hydrogen-bond acceptors (Lipinski definition) is 6. The third kappa shape index (κ3) is 5.61. The van der Waals surface area contributed by atoms with Crippen molar-refractivity contribution in [1.82, 2.24) is 9.29 Å². The summed E-state index contributed by atoms with van der Waals surface area (Å²) in [4.78, 5) is 3.77. The molecule has 0 bridgehead atoms. The summed E-state index contributed by atoms with van der Waals surface area (Å²) >= 11 is 11.8. The first-order chi connectivity index (χ1) is 13.2. The summed E-state index contributed by atoms with van der Waals surface area (Å²) in [5.41, 5.74) is -1.48. The molecule has 2 aromatic rings. The molecule has 0 saturated carbocycles. The predicted molar refractivity (Wildman–Crippen MR) is 102 cm³/mol. The lowest BCUT2D eigenvalue weighted by Gasteiger charge is -2.20. The fourth-order valence-electron chi connectivity index (χ4n) is 2.36. The molecule has 1 aromatic heterocycles. The SMILES string of the molecule is N#Cc1ncc(O)cc1F.O=S(c1ccc(Cl)cc1Cl)N1CCC(O)(CO)C1. The number of benzene rings is 1. The zero-order chi connectivity index (χ0) is 20.9. The van der Waals surface area contributed by atoms with E-state index in [2.05, 4.69) is 4.98 Å². The number of hydrogen-bond donors (Lipinski definition) is 3. The van der Waals surface area contributed by atoms with Gasteiger partial charge >= 0.3 is 0 Å². The van der Waals surface area contributed by atoms with Crippen LogP contribution in [0.15, 0.2) is 35.4 Å². The number of nitrogens with zero attached hydrogens (tertiary/aromatic N) is 3. The highest BCUT2D eigenvalue weighted by Gasteiger charge is 2.38. The largest absolute Gasteiger partial charge is 0.506 e. The van der Waals surface area contributed by atoms with Gasteiger partial charge in [0.1, 0.15) is 28.4 Å². The number of aromatic nitrogens is 1. The standard InChI is InChI=1S/C11H13Cl2NO3S.C6H3FN2O/c12-8-1-2-10(9(13)5-8)18(17)14-4-3-11(16,6-14)7-15;7-5-1-4(10)3-9-6(5)2-8/h1-2,5,15-16H,3-4,6-7H2;1,3,10H. The van der Waals surface area contributed by atoms with Crippen molar-refractivity contribution in [3.05, 3.63) is 52.0 Å². The third-order valence-corrected chi connectivity index (χ3v) is 6.01. The Morgan fingerprint density at radius 1 is 1.39 bits per heavy atom. The minimum Gasteiger partial charge on any atom is -0.506 e. The van der Waals surface area contributed by atoms with E-state index in [1.807, 2.05) is 0 Å². The molecule has 1 saturated heterocycles. The number of β-amino-alcohol motifs (C(OH)–C–C–N with tert-alkyl or cyclic N) is 1. The summed E-state index contributed by atoms with van der Waals surface area (Å²) < 4.78 is 26.3. The molecule has 2 atom stereocenters. The van der Waals surface area contributed by atoms with E-state index in [0.29, 0.717) is 27.9 Å². The molecule has 2 unspecified atom stereocenters. The topological polar surface area (TPSA) is 118 Å². The molecule has 11 heteroatoms. The lowest BCUT2D eigenvalue weighted by molar-refractivity contribution is -0.000502. The van der Waals surface area contributed by atoms with Crippen LogP contribution in [-0.2, 0) is 11.0 Å². The molecule has 3 rings (SSSR count). The van der Waals surface area contributed by atoms with Gasteiger partial charge in [0, 0.05) is 24.2 Å². The molecule has 7 nitrogen and oxygen atoms in total. The van der Waals surface area contributed by atoms with Gasteiger partial charge < -0.3 is 15.3 Å². The molecule has 1 aliphatic heterocycles. The summed E-state index contributed by atoms with van der Waals surface area (Å²) in [6, 6.07) is 7.12. The predicted octanol–water partition coefficient (Wildman–Crippen LogP) is 2.24. The van der Waals surface area contributed by atoms with E-state index in [9.17, 15) is 13.7 Å². The van der Waals surface area contributed by atoms with Crippen LogP contribution >= 0.6 is 23.2 Å². The summed E-state index contributed by atoms with van der Waals surface area (Å²) in [5.74, 6) is -1.08. The van der Waals surface area contributed by atoms with Gasteiger partial charge in [-0.1, -0.05) is 23.2 Å². The summed E-state index contributed by atoms with van der Waals surface area (Å²) in [6.07, 6.45) is 1.40. The highest BCUT2D eigenvalue weighted by Crippen LogP contribution is 2.29. The van der Waals surface area contributed by atoms with Gasteiger partial charge in [0.2, 0.25) is 0 Å². The average molecular weight is 448 g/mol. The van der Waals surface area contributed by atoms with Gasteiger partial charge in [-0.25, -0.2) is 17.9 Å². The molecule has 1 fully saturated rings. The molecule has 28 heavy (non-hydrogen) atoms. The Bertz CT molecular complexity index is 928. The highest BCUT2D eigenvalue weighted by atomic mass is 35.5. The van der Waals surface area contributed by atoms with Gasteiger partial charge in [-0.2, -0.15) is 5.26 Å². The van der Waals surface area contributed by atoms with Crippen molar-refractivity contribution < 1.29 is 23.9 Å². The van der Waals surface area contributed by atoms with E-state index in [-0.39, 0.29) is 24.6 Å². The Kier molecular flexibility index (Phi) is 7.71. The summed E-state index contributed by atoms with van der Waals surface area (Å²) in [5, 5.41) is 36.6. The third-order valence-electron chi connectivity index (χ3n) is 3.84. The fourth-order valence-corrected chi connectivity index (χ4v) is 4.27. The number of rotatable bonds is 3. The molecule has 2 heterocycles. The Balaban J connectivity index is 0.000000237. The van der Waals surface area contributed by atoms with Crippen LogP contribution in [0.2, 0.25) is 10.0 Å².